The lowest BCUT2D eigenvalue weighted by Crippen LogP contribution is -2.21. The maximum absolute atomic E-state index is 13.1. The van der Waals surface area contributed by atoms with Gasteiger partial charge in [0.25, 0.3) is 5.56 Å². The van der Waals surface area contributed by atoms with E-state index in [0.29, 0.717) is 18.0 Å². The minimum Gasteiger partial charge on any atom is -0.497 e. The van der Waals surface area contributed by atoms with E-state index in [-0.39, 0.29) is 5.56 Å². The number of ether oxygens (including phenoxy) is 2. The standard InChI is InChI=1S/C24H22N2O3/c1-28-19-5-3-4-17(12-19)22-14-24(27)26(15-16-6-8-18(25)9-7-16)23-13-20(29-2)10-11-21(22)23/h3-14H,15,25H2,1-2H3. The number of nitrogen functional groups attached to an aromatic ring is 1. The van der Waals surface area contributed by atoms with Gasteiger partial charge in [0, 0.05) is 23.2 Å². The van der Waals surface area contributed by atoms with Crippen molar-refractivity contribution in [3.63, 3.8) is 0 Å². The number of pyridine rings is 1. The number of benzene rings is 3. The number of aromatic nitrogens is 1. The first kappa shape index (κ1) is 18.6. The molecule has 5 nitrogen and oxygen atoms in total. The molecule has 0 bridgehead atoms. The number of hydrogen-bond donors (Lipinski definition) is 1. The third-order valence-electron chi connectivity index (χ3n) is 5.02. The summed E-state index contributed by atoms with van der Waals surface area (Å²) in [6.45, 7) is 0.446. The van der Waals surface area contributed by atoms with E-state index in [1.54, 1.807) is 24.9 Å². The van der Waals surface area contributed by atoms with E-state index in [9.17, 15) is 4.79 Å². The van der Waals surface area contributed by atoms with Gasteiger partial charge in [0.1, 0.15) is 11.5 Å². The van der Waals surface area contributed by atoms with Crippen molar-refractivity contribution < 1.29 is 9.47 Å². The van der Waals surface area contributed by atoms with Gasteiger partial charge in [-0.1, -0.05) is 24.3 Å². The molecule has 3 aromatic carbocycles. The van der Waals surface area contributed by atoms with Crippen LogP contribution in [0.15, 0.2) is 77.6 Å². The van der Waals surface area contributed by atoms with E-state index in [1.807, 2.05) is 66.7 Å². The van der Waals surface area contributed by atoms with E-state index >= 15 is 0 Å². The van der Waals surface area contributed by atoms with Crippen molar-refractivity contribution in [2.75, 3.05) is 20.0 Å². The summed E-state index contributed by atoms with van der Waals surface area (Å²) in [5, 5.41) is 0.967. The summed E-state index contributed by atoms with van der Waals surface area (Å²) in [4.78, 5) is 13.1. The maximum atomic E-state index is 13.1. The molecule has 0 aliphatic carbocycles. The molecule has 0 radical (unpaired) electrons. The molecule has 0 amide bonds. The lowest BCUT2D eigenvalue weighted by atomic mass is 10.0. The first-order valence-corrected chi connectivity index (χ1v) is 9.29. The fourth-order valence-corrected chi connectivity index (χ4v) is 3.49. The predicted molar refractivity (Wildman–Crippen MR) is 117 cm³/mol. The van der Waals surface area contributed by atoms with Crippen LogP contribution < -0.4 is 20.8 Å². The molecular weight excluding hydrogens is 364 g/mol. The normalized spacial score (nSPS) is 10.8. The van der Waals surface area contributed by atoms with Crippen LogP contribution in [0.1, 0.15) is 5.56 Å². The highest BCUT2D eigenvalue weighted by atomic mass is 16.5. The van der Waals surface area contributed by atoms with Gasteiger partial charge in [-0.3, -0.25) is 4.79 Å². The van der Waals surface area contributed by atoms with Crippen LogP contribution in [-0.2, 0) is 6.54 Å². The summed E-state index contributed by atoms with van der Waals surface area (Å²) >= 11 is 0. The molecule has 4 aromatic rings. The predicted octanol–water partition coefficient (Wildman–Crippen LogP) is 4.32. The highest BCUT2D eigenvalue weighted by Gasteiger charge is 2.13. The number of fused-ring (bicyclic) bond motifs is 1. The third-order valence-corrected chi connectivity index (χ3v) is 5.02. The lowest BCUT2D eigenvalue weighted by molar-refractivity contribution is 0.415. The zero-order chi connectivity index (χ0) is 20.4. The minimum absolute atomic E-state index is 0.0830. The van der Waals surface area contributed by atoms with Gasteiger partial charge < -0.3 is 19.8 Å². The zero-order valence-corrected chi connectivity index (χ0v) is 16.4. The van der Waals surface area contributed by atoms with E-state index < -0.39 is 0 Å². The summed E-state index contributed by atoms with van der Waals surface area (Å²) in [5.74, 6) is 1.45. The first-order chi connectivity index (χ1) is 14.1. The SMILES string of the molecule is COc1cccc(-c2cc(=O)n(Cc3ccc(N)cc3)c3cc(OC)ccc23)c1. The van der Waals surface area contributed by atoms with Gasteiger partial charge >= 0.3 is 0 Å². The van der Waals surface area contributed by atoms with Crippen molar-refractivity contribution in [2.45, 2.75) is 6.54 Å². The largest absolute Gasteiger partial charge is 0.497 e. The van der Waals surface area contributed by atoms with E-state index in [0.717, 1.165) is 33.3 Å². The average molecular weight is 386 g/mol. The highest BCUT2D eigenvalue weighted by Crippen LogP contribution is 2.31. The second-order valence-electron chi connectivity index (χ2n) is 6.84. The second kappa shape index (κ2) is 7.72. The van der Waals surface area contributed by atoms with Crippen LogP contribution in [0.2, 0.25) is 0 Å². The van der Waals surface area contributed by atoms with Crippen LogP contribution in [0.4, 0.5) is 5.69 Å². The molecule has 0 aliphatic rings. The van der Waals surface area contributed by atoms with Crippen LogP contribution in [0.25, 0.3) is 22.0 Å². The molecule has 0 spiro atoms. The summed E-state index contributed by atoms with van der Waals surface area (Å²) in [7, 11) is 3.25. The fourth-order valence-electron chi connectivity index (χ4n) is 3.49. The van der Waals surface area contributed by atoms with Gasteiger partial charge in [-0.15, -0.1) is 0 Å². The van der Waals surface area contributed by atoms with E-state index in [2.05, 4.69) is 0 Å². The number of nitrogens with two attached hydrogens (primary N) is 1. The van der Waals surface area contributed by atoms with Gasteiger partial charge in [0.05, 0.1) is 26.3 Å². The summed E-state index contributed by atoms with van der Waals surface area (Å²) in [6.07, 6.45) is 0. The molecule has 0 aliphatic heterocycles. The van der Waals surface area contributed by atoms with Gasteiger partial charge in [0.2, 0.25) is 0 Å². The summed E-state index contributed by atoms with van der Waals surface area (Å²) in [5.41, 5.74) is 10.0. The molecule has 1 aromatic heterocycles. The summed E-state index contributed by atoms with van der Waals surface area (Å²) < 4.78 is 12.5. The van der Waals surface area contributed by atoms with Crippen LogP contribution in [0.3, 0.4) is 0 Å². The smallest absolute Gasteiger partial charge is 0.251 e. The Kier molecular flexibility index (Phi) is 4.96. The summed E-state index contributed by atoms with van der Waals surface area (Å²) in [6, 6.07) is 22.7. The Labute approximate surface area is 168 Å². The Hall–Kier alpha value is -3.73. The molecular formula is C24H22N2O3. The molecule has 5 heteroatoms. The second-order valence-corrected chi connectivity index (χ2v) is 6.84. The fraction of sp³-hybridized carbons (Fsp3) is 0.125. The van der Waals surface area contributed by atoms with Gasteiger partial charge in [-0.25, -0.2) is 0 Å². The average Bonchev–Trinajstić information content (AvgIpc) is 2.76. The Balaban J connectivity index is 1.94. The highest BCUT2D eigenvalue weighted by molar-refractivity contribution is 5.95. The zero-order valence-electron chi connectivity index (χ0n) is 16.4. The number of anilines is 1. The molecule has 146 valence electrons. The Morgan fingerprint density at radius 2 is 1.59 bits per heavy atom. The van der Waals surface area contributed by atoms with E-state index in [4.69, 9.17) is 15.2 Å². The molecule has 1 heterocycles. The van der Waals surface area contributed by atoms with Crippen molar-refractivity contribution in [2.24, 2.45) is 0 Å². The minimum atomic E-state index is -0.0830. The Morgan fingerprint density at radius 1 is 0.862 bits per heavy atom. The number of methoxy groups -OCH3 is 2. The quantitative estimate of drug-likeness (QED) is 0.519. The monoisotopic (exact) mass is 386 g/mol. The molecule has 2 N–H and O–H groups in total. The van der Waals surface area contributed by atoms with Crippen LogP contribution in [0.5, 0.6) is 11.5 Å². The van der Waals surface area contributed by atoms with Gasteiger partial charge in [-0.05, 0) is 53.1 Å². The number of nitrogens with zero attached hydrogens (tertiary/aromatic N) is 1. The Bertz CT molecular complexity index is 1230. The van der Waals surface area contributed by atoms with Crippen molar-refractivity contribution >= 4 is 16.6 Å². The molecule has 0 saturated heterocycles. The molecule has 0 atom stereocenters. The Morgan fingerprint density at radius 3 is 2.31 bits per heavy atom. The van der Waals surface area contributed by atoms with Crippen LogP contribution >= 0.6 is 0 Å². The van der Waals surface area contributed by atoms with Crippen LogP contribution in [-0.4, -0.2) is 18.8 Å². The van der Waals surface area contributed by atoms with Gasteiger partial charge in [-0.2, -0.15) is 0 Å². The van der Waals surface area contributed by atoms with E-state index in [1.165, 1.54) is 0 Å². The van der Waals surface area contributed by atoms with Gasteiger partial charge in [0.15, 0.2) is 0 Å². The van der Waals surface area contributed by atoms with Crippen molar-refractivity contribution in [3.05, 3.63) is 88.7 Å². The van der Waals surface area contributed by atoms with Crippen molar-refractivity contribution in [3.8, 4) is 22.6 Å². The lowest BCUT2D eigenvalue weighted by Gasteiger charge is -2.15. The molecule has 4 rings (SSSR count). The molecule has 29 heavy (non-hydrogen) atoms. The first-order valence-electron chi connectivity index (χ1n) is 9.29. The molecule has 0 fully saturated rings. The number of rotatable bonds is 5. The molecule has 0 saturated carbocycles. The maximum Gasteiger partial charge on any atom is 0.251 e. The van der Waals surface area contributed by atoms with Crippen molar-refractivity contribution in [1.82, 2.24) is 4.57 Å². The number of hydrogen-bond acceptors (Lipinski definition) is 4. The molecule has 0 unspecified atom stereocenters. The van der Waals surface area contributed by atoms with Crippen LogP contribution in [0, 0.1) is 0 Å². The third kappa shape index (κ3) is 3.67. The van der Waals surface area contributed by atoms with Crippen molar-refractivity contribution in [1.29, 1.82) is 0 Å². The topological polar surface area (TPSA) is 66.5 Å².